The van der Waals surface area contributed by atoms with E-state index in [0.717, 1.165) is 30.7 Å². The second kappa shape index (κ2) is 21.5. The molecule has 2 aliphatic rings. The van der Waals surface area contributed by atoms with E-state index in [2.05, 4.69) is 6.92 Å². The molecule has 4 aromatic rings. The number of hydrogen-bond donors (Lipinski definition) is 0. The monoisotopic (exact) mass is 742 g/mol. The molecule has 2 saturated carbocycles. The van der Waals surface area contributed by atoms with Gasteiger partial charge in [0.2, 0.25) is 5.82 Å². The summed E-state index contributed by atoms with van der Waals surface area (Å²) in [5, 5.41) is 0. The fraction of sp³-hybridized carbons (Fsp3) is 0.182. The largest absolute Gasteiger partial charge is 2.00 e. The van der Waals surface area contributed by atoms with Crippen LogP contribution in [0.5, 0.6) is 17.2 Å². The minimum atomic E-state index is -1.03. The number of benzene rings is 4. The predicted octanol–water partition coefficient (Wildman–Crippen LogP) is 10.6. The molecule has 0 spiro atoms. The molecule has 6 rings (SSSR count). The number of unbranched alkanes of at least 4 members (excludes halogenated alkanes) is 5. The van der Waals surface area contributed by atoms with Gasteiger partial charge in [0, 0.05) is 11.5 Å². The van der Waals surface area contributed by atoms with Crippen LogP contribution in [0.25, 0.3) is 11.1 Å². The maximum atomic E-state index is 14.9. The maximum absolute atomic E-state index is 14.9. The molecule has 4 aromatic carbocycles. The molecular formula is C44H40F2FeO5+2. The van der Waals surface area contributed by atoms with E-state index in [1.54, 1.807) is 30.3 Å². The molecule has 0 amide bonds. The van der Waals surface area contributed by atoms with Crippen molar-refractivity contribution in [3.63, 3.8) is 0 Å². The van der Waals surface area contributed by atoms with Crippen LogP contribution in [0.3, 0.4) is 0 Å². The number of esters is 2. The number of rotatable bonds is 14. The first-order valence-electron chi connectivity index (χ1n) is 17.2. The number of carbonyl (C=O) groups is 2. The van der Waals surface area contributed by atoms with Crippen molar-refractivity contribution < 1.29 is 49.6 Å². The van der Waals surface area contributed by atoms with E-state index in [0.29, 0.717) is 17.7 Å². The summed E-state index contributed by atoms with van der Waals surface area (Å²) in [6, 6.07) is 22.2. The first kappa shape index (κ1) is 40.8. The van der Waals surface area contributed by atoms with Gasteiger partial charge in [0.25, 0.3) is 0 Å². The van der Waals surface area contributed by atoms with Gasteiger partial charge in [-0.3, -0.25) is 0 Å². The summed E-state index contributed by atoms with van der Waals surface area (Å²) < 4.78 is 46.1. The number of halogens is 2. The second-order valence-corrected chi connectivity index (χ2v) is 11.9. The van der Waals surface area contributed by atoms with Gasteiger partial charge in [0.15, 0.2) is 11.6 Å². The zero-order valence-electron chi connectivity index (χ0n) is 28.9. The molecule has 0 atom stereocenters. The Hall–Kier alpha value is -4.00. The fourth-order valence-corrected chi connectivity index (χ4v) is 5.34. The zero-order chi connectivity index (χ0) is 35.8. The SMILES string of the molecule is CCCCCCCCOc1ccc(-c2ccc(OC(=O)c3ccc(OC(=O)c4cccc([C]5[CH][CH][CH][CH]5)c4)cc3)cc2)c(F)c1F.[CH]1[CH][CH][CH][CH]1.[Fe+2]. The second-order valence-electron chi connectivity index (χ2n) is 11.9. The molecule has 0 bridgehead atoms. The van der Waals surface area contributed by atoms with E-state index >= 15 is 0 Å². The molecule has 0 heterocycles. The van der Waals surface area contributed by atoms with E-state index in [1.165, 1.54) is 67.8 Å². The van der Waals surface area contributed by atoms with Crippen molar-refractivity contribution >= 4 is 11.9 Å². The van der Waals surface area contributed by atoms with Crippen LogP contribution in [0, 0.1) is 75.3 Å². The zero-order valence-corrected chi connectivity index (χ0v) is 30.0. The van der Waals surface area contributed by atoms with Crippen LogP contribution in [0.1, 0.15) is 71.7 Å². The Morgan fingerprint density at radius 2 is 1.15 bits per heavy atom. The molecule has 266 valence electrons. The van der Waals surface area contributed by atoms with Gasteiger partial charge in [-0.2, -0.15) is 4.39 Å². The van der Waals surface area contributed by atoms with Gasteiger partial charge in [-0.05, 0) is 136 Å². The summed E-state index contributed by atoms with van der Waals surface area (Å²) in [6.07, 6.45) is 24.2. The summed E-state index contributed by atoms with van der Waals surface area (Å²) >= 11 is 0. The quantitative estimate of drug-likeness (QED) is 0.0557. The Labute approximate surface area is 317 Å². The molecule has 2 fully saturated rings. The third kappa shape index (κ3) is 12.0. The molecule has 8 heteroatoms. The van der Waals surface area contributed by atoms with Gasteiger partial charge in [0.05, 0.1) is 17.7 Å². The Kier molecular flexibility index (Phi) is 16.9. The van der Waals surface area contributed by atoms with E-state index in [1.807, 2.05) is 63.9 Å². The first-order chi connectivity index (χ1) is 24.9. The van der Waals surface area contributed by atoms with Crippen molar-refractivity contribution in [2.24, 2.45) is 0 Å². The van der Waals surface area contributed by atoms with Gasteiger partial charge in [-0.1, -0.05) is 63.3 Å². The van der Waals surface area contributed by atoms with Gasteiger partial charge < -0.3 is 14.2 Å². The van der Waals surface area contributed by atoms with Crippen molar-refractivity contribution in [2.45, 2.75) is 45.4 Å². The van der Waals surface area contributed by atoms with Gasteiger partial charge >= 0.3 is 29.0 Å². The number of hydrogen-bond acceptors (Lipinski definition) is 5. The summed E-state index contributed by atoms with van der Waals surface area (Å²) in [4.78, 5) is 25.4. The Balaban J connectivity index is 0.000000928. The topological polar surface area (TPSA) is 61.8 Å². The molecule has 2 aliphatic carbocycles. The summed E-state index contributed by atoms with van der Waals surface area (Å²) in [6.45, 7) is 2.49. The molecule has 0 unspecified atom stereocenters. The van der Waals surface area contributed by atoms with Crippen LogP contribution in [0.15, 0.2) is 84.9 Å². The van der Waals surface area contributed by atoms with Crippen molar-refractivity contribution in [1.82, 2.24) is 0 Å². The molecular weight excluding hydrogens is 702 g/mol. The molecule has 0 saturated heterocycles. The molecule has 0 N–H and O–H groups in total. The molecule has 52 heavy (non-hydrogen) atoms. The van der Waals surface area contributed by atoms with E-state index in [9.17, 15) is 18.4 Å². The first-order valence-corrected chi connectivity index (χ1v) is 17.2. The number of ether oxygens (including phenoxy) is 3. The Bertz CT molecular complexity index is 1690. The van der Waals surface area contributed by atoms with Gasteiger partial charge in [-0.25, -0.2) is 14.0 Å². The number of carbonyl (C=O) groups excluding carboxylic acids is 2. The third-order valence-electron chi connectivity index (χ3n) is 8.13. The maximum Gasteiger partial charge on any atom is 2.00 e. The van der Waals surface area contributed by atoms with Gasteiger partial charge in [0.1, 0.15) is 11.5 Å². The van der Waals surface area contributed by atoms with E-state index in [-0.39, 0.29) is 45.4 Å². The van der Waals surface area contributed by atoms with E-state index < -0.39 is 23.6 Å². The van der Waals surface area contributed by atoms with Crippen molar-refractivity contribution in [3.8, 4) is 28.4 Å². The average molecular weight is 743 g/mol. The minimum absolute atomic E-state index is 0. The fourth-order valence-electron chi connectivity index (χ4n) is 5.34. The van der Waals surface area contributed by atoms with Crippen molar-refractivity contribution in [2.75, 3.05) is 6.61 Å². The average Bonchev–Trinajstić information content (AvgIpc) is 3.93. The summed E-state index contributed by atoms with van der Waals surface area (Å²) in [5.41, 5.74) is 2.05. The van der Waals surface area contributed by atoms with Crippen molar-refractivity contribution in [3.05, 3.63) is 177 Å². The summed E-state index contributed by atoms with van der Waals surface area (Å²) in [7, 11) is 0. The summed E-state index contributed by atoms with van der Waals surface area (Å²) in [5.74, 6) is -1.77. The minimum Gasteiger partial charge on any atom is -0.490 e. The van der Waals surface area contributed by atoms with E-state index in [4.69, 9.17) is 14.2 Å². The van der Waals surface area contributed by atoms with Crippen LogP contribution in [-0.4, -0.2) is 18.5 Å². The smallest absolute Gasteiger partial charge is 0.490 e. The Morgan fingerprint density at radius 1 is 0.577 bits per heavy atom. The standard InChI is InChI=1S/C39H35F2O5.C5H5.Fe/c1-2-3-4-5-6-9-25-44-35-24-23-34(36(40)37(35)41)28-15-19-32(20-16-28)45-38(42)29-17-21-33(22-18-29)46-39(43)31-14-10-13-30(26-31)27-11-7-8-12-27;1-2-4-5-3-1;/h7-8,10-24,26H,2-6,9,25H2,1H3;1-5H;/q;;+2. The van der Waals surface area contributed by atoms with Crippen LogP contribution in [0.2, 0.25) is 0 Å². The van der Waals surface area contributed by atoms with Crippen molar-refractivity contribution in [1.29, 1.82) is 0 Å². The predicted molar refractivity (Wildman–Crippen MR) is 195 cm³/mol. The molecule has 0 aromatic heterocycles. The van der Waals surface area contributed by atoms with Crippen LogP contribution in [0.4, 0.5) is 8.78 Å². The Morgan fingerprint density at radius 3 is 1.79 bits per heavy atom. The van der Waals surface area contributed by atoms with Gasteiger partial charge in [-0.15, -0.1) is 0 Å². The molecule has 0 aliphatic heterocycles. The van der Waals surface area contributed by atoms with Crippen LogP contribution < -0.4 is 14.2 Å². The molecule has 5 nitrogen and oxygen atoms in total. The normalized spacial score (nSPS) is 13.8. The molecule has 10 radical (unpaired) electrons. The third-order valence-corrected chi connectivity index (χ3v) is 8.13. The van der Waals surface area contributed by atoms with Crippen LogP contribution >= 0.6 is 0 Å². The van der Waals surface area contributed by atoms with Crippen LogP contribution in [-0.2, 0) is 17.1 Å².